The summed E-state index contributed by atoms with van der Waals surface area (Å²) in [6.45, 7) is 4.12. The van der Waals surface area contributed by atoms with Crippen LogP contribution in [0.5, 0.6) is 0 Å². The quantitative estimate of drug-likeness (QED) is 0.293. The zero-order valence-corrected chi connectivity index (χ0v) is 12.9. The van der Waals surface area contributed by atoms with Crippen LogP contribution in [0.15, 0.2) is 0 Å². The summed E-state index contributed by atoms with van der Waals surface area (Å²) in [5.41, 5.74) is 0. The van der Waals surface area contributed by atoms with Crippen molar-refractivity contribution in [3.63, 3.8) is 0 Å². The number of nitrogens with zero attached hydrogens (tertiary/aromatic N) is 1. The molecule has 1 heterocycles. The molecule has 1 rings (SSSR count). The summed E-state index contributed by atoms with van der Waals surface area (Å²) in [4.78, 5) is 38.2. The van der Waals surface area contributed by atoms with E-state index < -0.39 is 18.0 Å². The lowest BCUT2D eigenvalue weighted by atomic mass is 10.4. The van der Waals surface area contributed by atoms with Crippen LogP contribution in [0, 0.1) is 0 Å². The molecule has 114 valence electrons. The molecule has 0 aromatic heterocycles. The van der Waals surface area contributed by atoms with Crippen molar-refractivity contribution in [2.75, 3.05) is 31.2 Å². The lowest BCUT2D eigenvalue weighted by Crippen LogP contribution is -2.32. The maximum atomic E-state index is 11.2. The van der Waals surface area contributed by atoms with Gasteiger partial charge < -0.3 is 10.1 Å². The number of hydroxylamine groups is 2. The van der Waals surface area contributed by atoms with Crippen LogP contribution < -0.4 is 5.32 Å². The van der Waals surface area contributed by atoms with Crippen LogP contribution in [0.3, 0.4) is 0 Å². The highest BCUT2D eigenvalue weighted by molar-refractivity contribution is 8.76. The molecule has 1 saturated heterocycles. The van der Waals surface area contributed by atoms with Gasteiger partial charge in [0.15, 0.2) is 0 Å². The van der Waals surface area contributed by atoms with Crippen molar-refractivity contribution in [3.8, 4) is 0 Å². The molecule has 2 amide bonds. The third kappa shape index (κ3) is 6.49. The van der Waals surface area contributed by atoms with E-state index in [0.29, 0.717) is 10.8 Å². The molecular formula is C11H18N2O5S2. The molecule has 1 N–H and O–H groups in total. The van der Waals surface area contributed by atoms with Crippen LogP contribution in [0.25, 0.3) is 0 Å². The van der Waals surface area contributed by atoms with Gasteiger partial charge in [0.25, 0.3) is 11.8 Å². The monoisotopic (exact) mass is 322 g/mol. The van der Waals surface area contributed by atoms with Crippen LogP contribution >= 0.6 is 21.6 Å². The third-order valence-electron chi connectivity index (χ3n) is 2.25. The fraction of sp³-hybridized carbons (Fsp3) is 0.727. The molecule has 1 fully saturated rings. The minimum atomic E-state index is -1.02. The highest BCUT2D eigenvalue weighted by Crippen LogP contribution is 2.20. The lowest BCUT2D eigenvalue weighted by Gasteiger charge is -2.12. The molecule has 0 radical (unpaired) electrons. The van der Waals surface area contributed by atoms with Crippen molar-refractivity contribution >= 4 is 39.6 Å². The molecule has 0 atom stereocenters. The smallest absolute Gasteiger partial charge is 0.432 e. The van der Waals surface area contributed by atoms with Gasteiger partial charge in [0.2, 0.25) is 0 Å². The summed E-state index contributed by atoms with van der Waals surface area (Å²) in [6.07, 6.45) is -0.874. The van der Waals surface area contributed by atoms with E-state index in [1.807, 2.05) is 6.92 Å². The predicted octanol–water partition coefficient (Wildman–Crippen LogP) is 1.19. The first-order chi connectivity index (χ1) is 9.65. The highest BCUT2D eigenvalue weighted by atomic mass is 33.1. The summed E-state index contributed by atoms with van der Waals surface area (Å²) >= 11 is 0. The van der Waals surface area contributed by atoms with Crippen molar-refractivity contribution in [1.82, 2.24) is 10.4 Å². The second-order valence-corrected chi connectivity index (χ2v) is 6.47. The fourth-order valence-corrected chi connectivity index (χ4v) is 3.10. The van der Waals surface area contributed by atoms with Gasteiger partial charge in [-0.25, -0.2) is 4.79 Å². The number of hydrogen-bond donors (Lipinski definition) is 1. The van der Waals surface area contributed by atoms with Gasteiger partial charge in [-0.1, -0.05) is 33.6 Å². The molecule has 0 aliphatic carbocycles. The summed E-state index contributed by atoms with van der Waals surface area (Å²) in [5.74, 6) is 0.564. The predicted molar refractivity (Wildman–Crippen MR) is 77.0 cm³/mol. The molecule has 1 aliphatic heterocycles. The third-order valence-corrected chi connectivity index (χ3v) is 4.62. The second kappa shape index (κ2) is 9.89. The first kappa shape index (κ1) is 17.1. The maximum absolute atomic E-state index is 11.2. The van der Waals surface area contributed by atoms with Crippen LogP contribution in [0.1, 0.15) is 19.8 Å². The van der Waals surface area contributed by atoms with Crippen LogP contribution in [-0.2, 0) is 19.2 Å². The van der Waals surface area contributed by atoms with E-state index in [9.17, 15) is 14.4 Å². The Morgan fingerprint density at radius 2 is 1.90 bits per heavy atom. The topological polar surface area (TPSA) is 84.9 Å². The summed E-state index contributed by atoms with van der Waals surface area (Å²) in [7, 11) is 3.27. The van der Waals surface area contributed by atoms with Gasteiger partial charge in [-0.3, -0.25) is 14.4 Å². The molecule has 0 saturated carbocycles. The van der Waals surface area contributed by atoms with Gasteiger partial charge in [0.1, 0.15) is 6.61 Å². The average Bonchev–Trinajstić information content (AvgIpc) is 2.73. The average molecular weight is 322 g/mol. The second-order valence-electron chi connectivity index (χ2n) is 3.77. The Labute approximate surface area is 125 Å². The summed E-state index contributed by atoms with van der Waals surface area (Å²) in [6, 6.07) is 0. The molecule has 0 unspecified atom stereocenters. The van der Waals surface area contributed by atoms with E-state index in [1.54, 1.807) is 21.6 Å². The van der Waals surface area contributed by atoms with E-state index in [4.69, 9.17) is 4.74 Å². The van der Waals surface area contributed by atoms with Gasteiger partial charge in [0.05, 0.1) is 0 Å². The lowest BCUT2D eigenvalue weighted by molar-refractivity contribution is -0.176. The van der Waals surface area contributed by atoms with Gasteiger partial charge in [0, 0.05) is 30.9 Å². The molecule has 9 heteroatoms. The first-order valence-corrected chi connectivity index (χ1v) is 8.79. The molecule has 20 heavy (non-hydrogen) atoms. The highest BCUT2D eigenvalue weighted by Gasteiger charge is 2.33. The normalized spacial score (nSPS) is 14.8. The van der Waals surface area contributed by atoms with E-state index in [2.05, 4.69) is 10.2 Å². The van der Waals surface area contributed by atoms with Crippen LogP contribution in [-0.4, -0.2) is 54.2 Å². The summed E-state index contributed by atoms with van der Waals surface area (Å²) < 4.78 is 4.77. The minimum absolute atomic E-state index is 0.0738. The molecule has 0 bridgehead atoms. The van der Waals surface area contributed by atoms with E-state index in [-0.39, 0.29) is 19.4 Å². The Morgan fingerprint density at radius 1 is 1.25 bits per heavy atom. The number of ether oxygens (including phenoxy) is 1. The summed E-state index contributed by atoms with van der Waals surface area (Å²) in [5, 5.41) is 3.67. The van der Waals surface area contributed by atoms with Crippen molar-refractivity contribution < 1.29 is 24.0 Å². The Morgan fingerprint density at radius 3 is 2.55 bits per heavy atom. The molecule has 0 aromatic carbocycles. The number of carbonyl (C=O) groups excluding carboxylic acids is 3. The minimum Gasteiger partial charge on any atom is -0.432 e. The Bertz CT molecular complexity index is 338. The number of amides is 2. The van der Waals surface area contributed by atoms with Gasteiger partial charge in [-0.05, 0) is 6.54 Å². The van der Waals surface area contributed by atoms with Crippen LogP contribution in [0.4, 0.5) is 4.79 Å². The number of rotatable bonds is 9. The Hall–Kier alpha value is -0.930. The standard InChI is InChI=1S/C11H18N2O5S2/c1-2-12-5-7-19-20-8-6-17-11(16)18-13-9(14)3-4-10(13)15/h12H,2-8H2,1H3. The van der Waals surface area contributed by atoms with E-state index in [1.165, 1.54) is 0 Å². The van der Waals surface area contributed by atoms with Gasteiger partial charge in [-0.2, -0.15) is 0 Å². The SMILES string of the molecule is CCNCCSSCCOC(=O)ON1C(=O)CCC1=O. The molecule has 0 aromatic rings. The van der Waals surface area contributed by atoms with Crippen LogP contribution in [0.2, 0.25) is 0 Å². The number of imide groups is 1. The zero-order chi connectivity index (χ0) is 14.8. The van der Waals surface area contributed by atoms with Gasteiger partial charge in [-0.15, -0.1) is 0 Å². The number of carbonyl (C=O) groups is 3. The fourth-order valence-electron chi connectivity index (χ4n) is 1.33. The largest absolute Gasteiger partial charge is 0.533 e. The van der Waals surface area contributed by atoms with E-state index in [0.717, 1.165) is 18.8 Å². The molecule has 7 nitrogen and oxygen atoms in total. The van der Waals surface area contributed by atoms with E-state index >= 15 is 0 Å². The maximum Gasteiger partial charge on any atom is 0.533 e. The number of hydrogen-bond acceptors (Lipinski definition) is 8. The Kier molecular flexibility index (Phi) is 8.47. The molecule has 1 aliphatic rings. The van der Waals surface area contributed by atoms with Gasteiger partial charge >= 0.3 is 6.16 Å². The Balaban J connectivity index is 2.00. The first-order valence-electron chi connectivity index (χ1n) is 6.30. The van der Waals surface area contributed by atoms with Crippen molar-refractivity contribution in [2.24, 2.45) is 0 Å². The molecular weight excluding hydrogens is 304 g/mol. The van der Waals surface area contributed by atoms with Crippen molar-refractivity contribution in [1.29, 1.82) is 0 Å². The molecule has 0 spiro atoms. The van der Waals surface area contributed by atoms with Crippen molar-refractivity contribution in [2.45, 2.75) is 19.8 Å². The van der Waals surface area contributed by atoms with Crippen molar-refractivity contribution in [3.05, 3.63) is 0 Å². The number of nitrogens with one attached hydrogen (secondary N) is 1. The zero-order valence-electron chi connectivity index (χ0n) is 11.3.